The van der Waals surface area contributed by atoms with Gasteiger partial charge >= 0.3 is 0 Å². The predicted octanol–water partition coefficient (Wildman–Crippen LogP) is 3.75. The Balaban J connectivity index is 0.000000131. The predicted molar refractivity (Wildman–Crippen MR) is 84.9 cm³/mol. The summed E-state index contributed by atoms with van der Waals surface area (Å²) < 4.78 is 0. The minimum Gasteiger partial charge on any atom is -0.372 e. The lowest BCUT2D eigenvalue weighted by atomic mass is 10.1. The first-order valence-corrected chi connectivity index (χ1v) is 7.32. The normalized spacial score (nSPS) is 16.7. The second-order valence-electron chi connectivity index (χ2n) is 5.20. The summed E-state index contributed by atoms with van der Waals surface area (Å²) in [6.45, 7) is 2.08. The first kappa shape index (κ1) is 12.9. The van der Waals surface area contributed by atoms with Crippen LogP contribution in [0.25, 0.3) is 11.1 Å². The molecule has 0 bridgehead atoms. The van der Waals surface area contributed by atoms with Gasteiger partial charge in [-0.15, -0.1) is 0 Å². The van der Waals surface area contributed by atoms with Crippen molar-refractivity contribution in [1.29, 1.82) is 0 Å². The highest BCUT2D eigenvalue weighted by Gasteiger charge is 2.28. The van der Waals surface area contributed by atoms with Gasteiger partial charge in [-0.1, -0.05) is 60.7 Å². The van der Waals surface area contributed by atoms with E-state index in [2.05, 4.69) is 58.8 Å². The zero-order chi connectivity index (χ0) is 13.6. The van der Waals surface area contributed by atoms with Gasteiger partial charge in [-0.25, -0.2) is 0 Å². The van der Waals surface area contributed by atoms with Crippen LogP contribution >= 0.6 is 0 Å². The Morgan fingerprint density at radius 1 is 0.800 bits per heavy atom. The Hall–Kier alpha value is -2.09. The average Bonchev–Trinajstić information content (AvgIpc) is 3.25. The Morgan fingerprint density at radius 3 is 1.75 bits per heavy atom. The summed E-state index contributed by atoms with van der Waals surface area (Å²) >= 11 is 0. The fourth-order valence-electron chi connectivity index (χ4n) is 2.31. The molecule has 2 aromatic rings. The van der Waals surface area contributed by atoms with Crippen LogP contribution in [0.1, 0.15) is 12.8 Å². The van der Waals surface area contributed by atoms with Crippen LogP contribution in [0.15, 0.2) is 65.7 Å². The third kappa shape index (κ3) is 3.47. The molecule has 1 N–H and O–H groups in total. The van der Waals surface area contributed by atoms with Crippen LogP contribution in [0.5, 0.6) is 0 Å². The van der Waals surface area contributed by atoms with Gasteiger partial charge in [0, 0.05) is 12.5 Å². The molecule has 0 saturated heterocycles. The molecule has 0 aromatic heterocycles. The van der Waals surface area contributed by atoms with Crippen molar-refractivity contribution in [2.24, 2.45) is 10.9 Å². The summed E-state index contributed by atoms with van der Waals surface area (Å²) in [5, 5.41) is 3.27. The van der Waals surface area contributed by atoms with E-state index in [9.17, 15) is 0 Å². The zero-order valence-electron chi connectivity index (χ0n) is 11.6. The van der Waals surface area contributed by atoms with E-state index in [1.807, 2.05) is 12.1 Å². The molecule has 0 amide bonds. The summed E-state index contributed by atoms with van der Waals surface area (Å²) in [6.07, 6.45) is 2.73. The van der Waals surface area contributed by atoms with Crippen molar-refractivity contribution in [3.05, 3.63) is 60.7 Å². The topological polar surface area (TPSA) is 24.4 Å². The quantitative estimate of drug-likeness (QED) is 0.877. The van der Waals surface area contributed by atoms with Gasteiger partial charge in [-0.05, 0) is 24.0 Å². The number of amidine groups is 1. The smallest absolute Gasteiger partial charge is 0.0995 e. The Kier molecular flexibility index (Phi) is 4.12. The fourth-order valence-corrected chi connectivity index (χ4v) is 2.31. The van der Waals surface area contributed by atoms with E-state index >= 15 is 0 Å². The summed E-state index contributed by atoms with van der Waals surface area (Å²) in [5.74, 6) is 2.11. The Bertz CT molecular complexity index is 519. The maximum Gasteiger partial charge on any atom is 0.0995 e. The van der Waals surface area contributed by atoms with E-state index in [1.54, 1.807) is 0 Å². The molecule has 0 radical (unpaired) electrons. The zero-order valence-corrected chi connectivity index (χ0v) is 11.6. The van der Waals surface area contributed by atoms with Crippen LogP contribution in [0.4, 0.5) is 0 Å². The van der Waals surface area contributed by atoms with Gasteiger partial charge in [-0.2, -0.15) is 0 Å². The van der Waals surface area contributed by atoms with E-state index in [-0.39, 0.29) is 0 Å². The van der Waals surface area contributed by atoms with E-state index in [4.69, 9.17) is 0 Å². The maximum absolute atomic E-state index is 4.30. The molecule has 2 aromatic carbocycles. The molecule has 20 heavy (non-hydrogen) atoms. The second-order valence-corrected chi connectivity index (χ2v) is 5.20. The van der Waals surface area contributed by atoms with Gasteiger partial charge in [0.2, 0.25) is 0 Å². The molecule has 102 valence electrons. The second kappa shape index (κ2) is 6.38. The highest BCUT2D eigenvalue weighted by molar-refractivity contribution is 5.87. The molecule has 1 fully saturated rings. The SMILES string of the molecule is C1CNC(C2CC2)=N1.c1ccc(-c2ccccc2)cc1. The van der Waals surface area contributed by atoms with Gasteiger partial charge in [0.15, 0.2) is 0 Å². The lowest BCUT2D eigenvalue weighted by Gasteiger charge is -1.98. The Morgan fingerprint density at radius 2 is 1.35 bits per heavy atom. The minimum atomic E-state index is 0.831. The Labute approximate surface area is 120 Å². The first-order chi connectivity index (χ1) is 9.93. The number of hydrogen-bond donors (Lipinski definition) is 1. The van der Waals surface area contributed by atoms with Crippen molar-refractivity contribution in [1.82, 2.24) is 5.32 Å². The van der Waals surface area contributed by atoms with E-state index in [0.717, 1.165) is 19.0 Å². The molecule has 2 nitrogen and oxygen atoms in total. The summed E-state index contributed by atoms with van der Waals surface area (Å²) in [7, 11) is 0. The van der Waals surface area contributed by atoms with Crippen molar-refractivity contribution in [3.8, 4) is 11.1 Å². The molecule has 1 aliphatic heterocycles. The molecule has 1 aliphatic carbocycles. The molecule has 0 unspecified atom stereocenters. The van der Waals surface area contributed by atoms with Gasteiger partial charge in [0.1, 0.15) is 0 Å². The molecule has 2 heteroatoms. The van der Waals surface area contributed by atoms with Crippen molar-refractivity contribution in [3.63, 3.8) is 0 Å². The summed E-state index contributed by atoms with van der Waals surface area (Å²) in [6, 6.07) is 20.8. The van der Waals surface area contributed by atoms with Gasteiger partial charge in [0.25, 0.3) is 0 Å². The van der Waals surface area contributed by atoms with Crippen LogP contribution in [-0.4, -0.2) is 18.9 Å². The minimum absolute atomic E-state index is 0.831. The molecule has 4 rings (SSSR count). The van der Waals surface area contributed by atoms with Crippen LogP contribution in [0.3, 0.4) is 0 Å². The number of nitrogens with one attached hydrogen (secondary N) is 1. The lowest BCUT2D eigenvalue weighted by molar-refractivity contribution is 0.943. The molecule has 0 spiro atoms. The number of hydrogen-bond acceptors (Lipinski definition) is 2. The molecular formula is C18H20N2. The first-order valence-electron chi connectivity index (χ1n) is 7.32. The van der Waals surface area contributed by atoms with Gasteiger partial charge in [-0.3, -0.25) is 4.99 Å². The molecular weight excluding hydrogens is 244 g/mol. The molecule has 2 aliphatic rings. The van der Waals surface area contributed by atoms with Crippen molar-refractivity contribution >= 4 is 5.84 Å². The maximum atomic E-state index is 4.30. The highest BCUT2D eigenvalue weighted by Crippen LogP contribution is 2.30. The van der Waals surface area contributed by atoms with Gasteiger partial charge < -0.3 is 5.32 Å². The standard InChI is InChI=1S/C12H10.C6H10N2/c1-3-7-11(8-4-1)12-9-5-2-6-10-12;1-2-5(1)6-7-3-4-8-6/h1-10H;5H,1-4H2,(H,7,8). The number of benzene rings is 2. The summed E-state index contributed by atoms with van der Waals surface area (Å²) in [4.78, 5) is 4.30. The molecule has 1 heterocycles. The van der Waals surface area contributed by atoms with E-state index in [0.29, 0.717) is 0 Å². The third-order valence-corrected chi connectivity index (χ3v) is 3.55. The van der Waals surface area contributed by atoms with Crippen LogP contribution < -0.4 is 5.32 Å². The average molecular weight is 264 g/mol. The van der Waals surface area contributed by atoms with Crippen molar-refractivity contribution in [2.75, 3.05) is 13.1 Å². The molecule has 1 saturated carbocycles. The monoisotopic (exact) mass is 264 g/mol. The van der Waals surface area contributed by atoms with Crippen LogP contribution in [0, 0.1) is 5.92 Å². The van der Waals surface area contributed by atoms with E-state index < -0.39 is 0 Å². The van der Waals surface area contributed by atoms with Crippen LogP contribution in [0.2, 0.25) is 0 Å². The van der Waals surface area contributed by atoms with Crippen molar-refractivity contribution < 1.29 is 0 Å². The van der Waals surface area contributed by atoms with Crippen LogP contribution in [-0.2, 0) is 0 Å². The largest absolute Gasteiger partial charge is 0.372 e. The number of nitrogens with zero attached hydrogens (tertiary/aromatic N) is 1. The number of rotatable bonds is 2. The highest BCUT2D eigenvalue weighted by atomic mass is 15.1. The molecule has 0 atom stereocenters. The fraction of sp³-hybridized carbons (Fsp3) is 0.278. The van der Waals surface area contributed by atoms with Crippen molar-refractivity contribution in [2.45, 2.75) is 12.8 Å². The summed E-state index contributed by atoms with van der Waals surface area (Å²) in [5.41, 5.74) is 2.55. The van der Waals surface area contributed by atoms with Gasteiger partial charge in [0.05, 0.1) is 12.4 Å². The van der Waals surface area contributed by atoms with E-state index in [1.165, 1.54) is 29.8 Å². The lowest BCUT2D eigenvalue weighted by Crippen LogP contribution is -2.19. The number of aliphatic imine (C=N–C) groups is 1. The third-order valence-electron chi connectivity index (χ3n) is 3.55.